The van der Waals surface area contributed by atoms with Gasteiger partial charge in [-0.15, -0.1) is 0 Å². The van der Waals surface area contributed by atoms with Crippen LogP contribution in [-0.2, 0) is 5.41 Å². The zero-order chi connectivity index (χ0) is 36.6. The third kappa shape index (κ3) is 11.2. The van der Waals surface area contributed by atoms with E-state index >= 15 is 0 Å². The van der Waals surface area contributed by atoms with Gasteiger partial charge in [0.05, 0.1) is 0 Å². The number of fused-ring (bicyclic) bond motifs is 3. The molecule has 0 aliphatic heterocycles. The molecule has 0 heterocycles. The van der Waals surface area contributed by atoms with Crippen LogP contribution < -0.4 is 0 Å². The Morgan fingerprint density at radius 3 is 1.27 bits per heavy atom. The Kier molecular flexibility index (Phi) is 17.1. The molecule has 0 saturated heterocycles. The number of unbranched alkanes of at least 4 members (excludes halogenated alkanes) is 18. The molecule has 52 heavy (non-hydrogen) atoms. The van der Waals surface area contributed by atoms with Crippen LogP contribution in [-0.4, -0.2) is 0 Å². The lowest BCUT2D eigenvalue weighted by Crippen LogP contribution is -2.26. The predicted molar refractivity (Wildman–Crippen MR) is 237 cm³/mol. The Bertz CT molecular complexity index is 1610. The average Bonchev–Trinajstić information content (AvgIpc) is 3.41. The minimum Gasteiger partial charge on any atom is -0.0654 e. The zero-order valence-corrected chi connectivity index (χ0v) is 36.0. The Morgan fingerprint density at radius 1 is 0.385 bits per heavy atom. The van der Waals surface area contributed by atoms with Crippen molar-refractivity contribution in [3.8, 4) is 33.4 Å². The van der Waals surface area contributed by atoms with Crippen LogP contribution in [0.25, 0.3) is 33.4 Å². The largest absolute Gasteiger partial charge is 0.0654 e. The standard InChI is InChI=1S/C50H66Br2/c1-4-6-8-10-12-14-16-18-20-22-34-50(35-23-21-19-17-15-13-11-9-7-5-2)48-37-42(40-24-29-43(51)30-25-40)28-33-45(48)47-36-39(3)46(38-49(47)50)41-26-31-44(52)32-27-41/h24-33,36-38H,4-23,34-35H2,1-3H3. The molecule has 0 spiro atoms. The van der Waals surface area contributed by atoms with Crippen molar-refractivity contribution in [2.75, 3.05) is 0 Å². The summed E-state index contributed by atoms with van der Waals surface area (Å²) in [5, 5.41) is 0. The molecule has 0 unspecified atom stereocenters. The number of rotatable bonds is 24. The van der Waals surface area contributed by atoms with Gasteiger partial charge in [0.1, 0.15) is 0 Å². The minimum absolute atomic E-state index is 0.0498. The van der Waals surface area contributed by atoms with E-state index in [-0.39, 0.29) is 5.41 Å². The van der Waals surface area contributed by atoms with Crippen LogP contribution in [0.4, 0.5) is 0 Å². The molecule has 0 saturated carbocycles. The van der Waals surface area contributed by atoms with E-state index in [1.165, 1.54) is 180 Å². The lowest BCUT2D eigenvalue weighted by atomic mass is 9.69. The second kappa shape index (κ2) is 21.7. The first kappa shape index (κ1) is 41.0. The maximum absolute atomic E-state index is 3.68. The number of hydrogen-bond donors (Lipinski definition) is 0. The molecule has 0 atom stereocenters. The highest BCUT2D eigenvalue weighted by Gasteiger charge is 2.43. The lowest BCUT2D eigenvalue weighted by Gasteiger charge is -2.34. The molecule has 0 nitrogen and oxygen atoms in total. The van der Waals surface area contributed by atoms with Crippen molar-refractivity contribution in [3.63, 3.8) is 0 Å². The van der Waals surface area contributed by atoms with Crippen LogP contribution >= 0.6 is 31.9 Å². The molecule has 0 bridgehead atoms. The van der Waals surface area contributed by atoms with Gasteiger partial charge in [-0.25, -0.2) is 0 Å². The monoisotopic (exact) mass is 824 g/mol. The molecule has 2 heteroatoms. The summed E-state index contributed by atoms with van der Waals surface area (Å²) in [6.45, 7) is 6.95. The molecular formula is C50H66Br2. The van der Waals surface area contributed by atoms with Crippen molar-refractivity contribution in [2.45, 2.75) is 167 Å². The first-order chi connectivity index (χ1) is 25.5. The SMILES string of the molecule is CCCCCCCCCCCCC1(CCCCCCCCCCCC)c2cc(-c3ccc(Br)cc3)ccc2-c2cc(C)c(-c3ccc(Br)cc3)cc21. The molecular weight excluding hydrogens is 760 g/mol. The van der Waals surface area contributed by atoms with Crippen molar-refractivity contribution >= 4 is 31.9 Å². The zero-order valence-electron chi connectivity index (χ0n) is 32.8. The van der Waals surface area contributed by atoms with Gasteiger partial charge in [-0.2, -0.15) is 0 Å². The Hall–Kier alpha value is -2.16. The van der Waals surface area contributed by atoms with Gasteiger partial charge in [0.2, 0.25) is 0 Å². The van der Waals surface area contributed by atoms with Crippen LogP contribution in [0.15, 0.2) is 87.8 Å². The summed E-state index contributed by atoms with van der Waals surface area (Å²) < 4.78 is 2.27. The smallest absolute Gasteiger partial charge is 0.0215 e. The second-order valence-electron chi connectivity index (χ2n) is 15.9. The molecule has 0 amide bonds. The van der Waals surface area contributed by atoms with Crippen molar-refractivity contribution < 1.29 is 0 Å². The van der Waals surface area contributed by atoms with Crippen molar-refractivity contribution in [1.82, 2.24) is 0 Å². The average molecular weight is 827 g/mol. The molecule has 280 valence electrons. The molecule has 1 aliphatic rings. The summed E-state index contributed by atoms with van der Waals surface area (Å²) in [6, 6.07) is 30.5. The Morgan fingerprint density at radius 2 is 0.788 bits per heavy atom. The van der Waals surface area contributed by atoms with Crippen molar-refractivity contribution in [2.24, 2.45) is 0 Å². The van der Waals surface area contributed by atoms with Gasteiger partial charge < -0.3 is 0 Å². The van der Waals surface area contributed by atoms with E-state index in [0.717, 1.165) is 8.95 Å². The van der Waals surface area contributed by atoms with Gasteiger partial charge in [-0.1, -0.05) is 217 Å². The Balaban J connectivity index is 1.43. The maximum Gasteiger partial charge on any atom is 0.0215 e. The van der Waals surface area contributed by atoms with Gasteiger partial charge in [-0.05, 0) is 106 Å². The molecule has 0 aromatic heterocycles. The third-order valence-corrected chi connectivity index (χ3v) is 13.0. The lowest BCUT2D eigenvalue weighted by molar-refractivity contribution is 0.397. The summed E-state index contributed by atoms with van der Waals surface area (Å²) >= 11 is 7.35. The van der Waals surface area contributed by atoms with E-state index in [0.29, 0.717) is 0 Å². The van der Waals surface area contributed by atoms with E-state index in [9.17, 15) is 0 Å². The summed E-state index contributed by atoms with van der Waals surface area (Å²) in [7, 11) is 0. The van der Waals surface area contributed by atoms with E-state index < -0.39 is 0 Å². The molecule has 0 N–H and O–H groups in total. The molecule has 5 rings (SSSR count). The predicted octanol–water partition coefficient (Wildman–Crippen LogP) is 17.7. The maximum atomic E-state index is 3.68. The summed E-state index contributed by atoms with van der Waals surface area (Å²) in [6.07, 6.45) is 30.1. The summed E-state index contributed by atoms with van der Waals surface area (Å²) in [4.78, 5) is 0. The van der Waals surface area contributed by atoms with Crippen LogP contribution in [0.5, 0.6) is 0 Å². The van der Waals surface area contributed by atoms with Crippen LogP contribution in [0.2, 0.25) is 0 Å². The van der Waals surface area contributed by atoms with Crippen molar-refractivity contribution in [1.29, 1.82) is 0 Å². The fourth-order valence-electron chi connectivity index (χ4n) is 8.90. The van der Waals surface area contributed by atoms with Crippen LogP contribution in [0.3, 0.4) is 0 Å². The normalized spacial score (nSPS) is 13.0. The number of benzene rings is 4. The highest BCUT2D eigenvalue weighted by molar-refractivity contribution is 9.10. The molecule has 4 aromatic carbocycles. The van der Waals surface area contributed by atoms with Gasteiger partial charge in [0.25, 0.3) is 0 Å². The van der Waals surface area contributed by atoms with Gasteiger partial charge in [-0.3, -0.25) is 0 Å². The Labute approximate surface area is 335 Å². The van der Waals surface area contributed by atoms with E-state index in [4.69, 9.17) is 0 Å². The number of hydrogen-bond acceptors (Lipinski definition) is 0. The third-order valence-electron chi connectivity index (χ3n) is 12.0. The fraction of sp³-hybridized carbons (Fsp3) is 0.520. The highest BCUT2D eigenvalue weighted by atomic mass is 79.9. The highest BCUT2D eigenvalue weighted by Crippen LogP contribution is 2.56. The first-order valence-electron chi connectivity index (χ1n) is 21.3. The number of halogens is 2. The molecule has 4 aromatic rings. The second-order valence-corrected chi connectivity index (χ2v) is 17.8. The van der Waals surface area contributed by atoms with Crippen LogP contribution in [0.1, 0.15) is 172 Å². The molecule has 0 radical (unpaired) electrons. The minimum atomic E-state index is 0.0498. The summed E-state index contributed by atoms with van der Waals surface area (Å²) in [5.74, 6) is 0. The van der Waals surface area contributed by atoms with E-state index in [2.05, 4.69) is 131 Å². The van der Waals surface area contributed by atoms with Crippen molar-refractivity contribution in [3.05, 3.63) is 104 Å². The fourth-order valence-corrected chi connectivity index (χ4v) is 9.43. The van der Waals surface area contributed by atoms with E-state index in [1.807, 2.05) is 0 Å². The summed E-state index contributed by atoms with van der Waals surface area (Å²) in [5.41, 5.74) is 12.9. The van der Waals surface area contributed by atoms with Gasteiger partial charge >= 0.3 is 0 Å². The van der Waals surface area contributed by atoms with Gasteiger partial charge in [0.15, 0.2) is 0 Å². The molecule has 1 aliphatic carbocycles. The first-order valence-corrected chi connectivity index (χ1v) is 22.9. The van der Waals surface area contributed by atoms with Gasteiger partial charge in [0, 0.05) is 14.4 Å². The van der Waals surface area contributed by atoms with Crippen LogP contribution in [0, 0.1) is 6.92 Å². The molecule has 0 fully saturated rings. The number of aryl methyl sites for hydroxylation is 1. The topological polar surface area (TPSA) is 0 Å². The van der Waals surface area contributed by atoms with E-state index in [1.54, 1.807) is 11.1 Å². The quantitative estimate of drug-likeness (QED) is 0.0618.